The minimum Gasteiger partial charge on any atom is -0.393 e. The van der Waals surface area contributed by atoms with Gasteiger partial charge in [-0.2, -0.15) is 0 Å². The molecule has 0 unspecified atom stereocenters. The smallest absolute Gasteiger partial charge is 0.0596 e. The van der Waals surface area contributed by atoms with E-state index < -0.39 is 0 Å². The molecule has 2 fully saturated rings. The summed E-state index contributed by atoms with van der Waals surface area (Å²) in [6.07, 6.45) is 3.50. The van der Waals surface area contributed by atoms with Gasteiger partial charge < -0.3 is 5.11 Å². The van der Waals surface area contributed by atoms with Crippen LogP contribution in [0.1, 0.15) is 40.0 Å². The van der Waals surface area contributed by atoms with Crippen molar-refractivity contribution >= 4 is 0 Å². The maximum Gasteiger partial charge on any atom is 0.0596 e. The van der Waals surface area contributed by atoms with Crippen LogP contribution in [0.3, 0.4) is 0 Å². The Labute approximate surface area is 68.8 Å². The van der Waals surface area contributed by atoms with Crippen LogP contribution >= 0.6 is 0 Å². The second-order valence-corrected chi connectivity index (χ2v) is 5.47. The number of aliphatic hydroxyl groups excluding tert-OH is 1. The van der Waals surface area contributed by atoms with Crippen LogP contribution in [0.4, 0.5) is 0 Å². The average Bonchev–Trinajstić information content (AvgIpc) is 2.16. The van der Waals surface area contributed by atoms with Crippen molar-refractivity contribution in [2.75, 3.05) is 0 Å². The van der Waals surface area contributed by atoms with Crippen molar-refractivity contribution in [1.29, 1.82) is 0 Å². The van der Waals surface area contributed by atoms with Crippen LogP contribution in [0.2, 0.25) is 0 Å². The molecule has 2 bridgehead atoms. The number of hydrogen-bond donors (Lipinski definition) is 1. The SMILES string of the molecule is CC1(C)C[C@@]2(C)C[C@@H]1C[C@@H]2O. The highest BCUT2D eigenvalue weighted by molar-refractivity contribution is 5.06. The van der Waals surface area contributed by atoms with Gasteiger partial charge >= 0.3 is 0 Å². The van der Waals surface area contributed by atoms with Gasteiger partial charge in [-0.3, -0.25) is 0 Å². The van der Waals surface area contributed by atoms with Crippen LogP contribution in [0.5, 0.6) is 0 Å². The third-order valence-corrected chi connectivity index (χ3v) is 3.99. The summed E-state index contributed by atoms with van der Waals surface area (Å²) < 4.78 is 0. The van der Waals surface area contributed by atoms with E-state index in [-0.39, 0.29) is 11.5 Å². The summed E-state index contributed by atoms with van der Waals surface area (Å²) in [6.45, 7) is 6.93. The zero-order valence-corrected chi connectivity index (χ0v) is 7.72. The lowest BCUT2D eigenvalue weighted by Crippen LogP contribution is -2.33. The van der Waals surface area contributed by atoms with Gasteiger partial charge in [0.05, 0.1) is 6.10 Å². The van der Waals surface area contributed by atoms with Crippen molar-refractivity contribution in [2.24, 2.45) is 16.7 Å². The van der Waals surface area contributed by atoms with Gasteiger partial charge in [0.1, 0.15) is 0 Å². The molecule has 0 aromatic carbocycles. The van der Waals surface area contributed by atoms with Crippen LogP contribution in [-0.4, -0.2) is 11.2 Å². The molecule has 3 atom stereocenters. The zero-order valence-electron chi connectivity index (χ0n) is 7.72. The van der Waals surface area contributed by atoms with Crippen molar-refractivity contribution < 1.29 is 5.11 Å². The van der Waals surface area contributed by atoms with Gasteiger partial charge in [-0.05, 0) is 36.0 Å². The van der Waals surface area contributed by atoms with Crippen LogP contribution in [-0.2, 0) is 0 Å². The Hall–Kier alpha value is -0.0400. The van der Waals surface area contributed by atoms with Gasteiger partial charge in [0.2, 0.25) is 0 Å². The first-order valence-corrected chi connectivity index (χ1v) is 4.62. The average molecular weight is 154 g/mol. The van der Waals surface area contributed by atoms with E-state index in [9.17, 15) is 5.11 Å². The highest BCUT2D eigenvalue weighted by Crippen LogP contribution is 2.62. The molecule has 0 aromatic rings. The van der Waals surface area contributed by atoms with E-state index in [2.05, 4.69) is 20.8 Å². The Morgan fingerprint density at radius 2 is 1.91 bits per heavy atom. The molecule has 1 N–H and O–H groups in total. The van der Waals surface area contributed by atoms with E-state index in [0.29, 0.717) is 5.41 Å². The Morgan fingerprint density at radius 3 is 2.18 bits per heavy atom. The third-order valence-electron chi connectivity index (χ3n) is 3.99. The van der Waals surface area contributed by atoms with Crippen LogP contribution in [0.25, 0.3) is 0 Å². The summed E-state index contributed by atoms with van der Waals surface area (Å²) in [5, 5.41) is 9.71. The molecule has 0 heterocycles. The molecule has 2 aliphatic rings. The summed E-state index contributed by atoms with van der Waals surface area (Å²) in [7, 11) is 0. The second-order valence-electron chi connectivity index (χ2n) is 5.47. The fraction of sp³-hybridized carbons (Fsp3) is 1.00. The quantitative estimate of drug-likeness (QED) is 0.567. The molecule has 1 nitrogen and oxygen atoms in total. The van der Waals surface area contributed by atoms with Gasteiger partial charge in [0, 0.05) is 0 Å². The molecule has 0 aromatic heterocycles. The largest absolute Gasteiger partial charge is 0.393 e. The zero-order chi connectivity index (χ0) is 8.28. The van der Waals surface area contributed by atoms with E-state index in [1.54, 1.807) is 0 Å². The Bertz CT molecular complexity index is 185. The van der Waals surface area contributed by atoms with E-state index in [0.717, 1.165) is 12.3 Å². The number of fused-ring (bicyclic) bond motifs is 2. The van der Waals surface area contributed by atoms with Crippen molar-refractivity contribution in [3.05, 3.63) is 0 Å². The standard InChI is InChI=1S/C10H18O/c1-9(2)6-10(3)5-7(9)4-8(10)11/h7-8,11H,4-6H2,1-3H3/t7-,8-,10+/m0/s1. The normalized spacial score (nSPS) is 53.5. The Kier molecular flexibility index (Phi) is 1.26. The molecule has 0 spiro atoms. The second kappa shape index (κ2) is 1.82. The lowest BCUT2D eigenvalue weighted by molar-refractivity contribution is 0.0173. The summed E-state index contributed by atoms with van der Waals surface area (Å²) in [5.41, 5.74) is 0.752. The van der Waals surface area contributed by atoms with Crippen molar-refractivity contribution in [1.82, 2.24) is 0 Å². The monoisotopic (exact) mass is 154 g/mol. The summed E-state index contributed by atoms with van der Waals surface area (Å²) in [4.78, 5) is 0. The third kappa shape index (κ3) is 0.868. The minimum absolute atomic E-state index is 0.0134. The molecule has 0 aliphatic heterocycles. The van der Waals surface area contributed by atoms with Crippen molar-refractivity contribution in [3.63, 3.8) is 0 Å². The molecule has 2 rings (SSSR count). The highest BCUT2D eigenvalue weighted by atomic mass is 16.3. The predicted molar refractivity (Wildman–Crippen MR) is 45.2 cm³/mol. The molecule has 2 aliphatic carbocycles. The Morgan fingerprint density at radius 1 is 1.27 bits per heavy atom. The van der Waals surface area contributed by atoms with E-state index >= 15 is 0 Å². The van der Waals surface area contributed by atoms with Crippen LogP contribution < -0.4 is 0 Å². The maximum absolute atomic E-state index is 9.71. The minimum atomic E-state index is -0.0134. The molecule has 0 saturated heterocycles. The summed E-state index contributed by atoms with van der Waals surface area (Å²) >= 11 is 0. The fourth-order valence-electron chi connectivity index (χ4n) is 3.31. The number of aliphatic hydroxyl groups is 1. The first kappa shape index (κ1) is 7.60. The highest BCUT2D eigenvalue weighted by Gasteiger charge is 2.56. The maximum atomic E-state index is 9.71. The lowest BCUT2D eigenvalue weighted by atomic mass is 9.71. The Balaban J connectivity index is 2.27. The van der Waals surface area contributed by atoms with Gasteiger partial charge in [-0.15, -0.1) is 0 Å². The van der Waals surface area contributed by atoms with Gasteiger partial charge in [-0.1, -0.05) is 20.8 Å². The predicted octanol–water partition coefficient (Wildman–Crippen LogP) is 2.19. The summed E-state index contributed by atoms with van der Waals surface area (Å²) in [6, 6.07) is 0. The van der Waals surface area contributed by atoms with Crippen molar-refractivity contribution in [2.45, 2.75) is 46.1 Å². The topological polar surface area (TPSA) is 20.2 Å². The van der Waals surface area contributed by atoms with E-state index in [1.807, 2.05) is 0 Å². The lowest BCUT2D eigenvalue weighted by Gasteiger charge is -2.36. The van der Waals surface area contributed by atoms with E-state index in [1.165, 1.54) is 12.8 Å². The first-order valence-electron chi connectivity index (χ1n) is 4.62. The molecule has 11 heavy (non-hydrogen) atoms. The molecule has 1 heteroatoms. The molecular formula is C10H18O. The van der Waals surface area contributed by atoms with Gasteiger partial charge in [-0.25, -0.2) is 0 Å². The molecule has 2 saturated carbocycles. The number of rotatable bonds is 0. The fourth-order valence-corrected chi connectivity index (χ4v) is 3.31. The van der Waals surface area contributed by atoms with Gasteiger partial charge in [0.15, 0.2) is 0 Å². The van der Waals surface area contributed by atoms with Crippen molar-refractivity contribution in [3.8, 4) is 0 Å². The van der Waals surface area contributed by atoms with Crippen LogP contribution in [0, 0.1) is 16.7 Å². The molecule has 0 radical (unpaired) electrons. The summed E-state index contributed by atoms with van der Waals surface area (Å²) in [5.74, 6) is 0.780. The van der Waals surface area contributed by atoms with E-state index in [4.69, 9.17) is 0 Å². The van der Waals surface area contributed by atoms with Crippen LogP contribution in [0.15, 0.2) is 0 Å². The molecule has 64 valence electrons. The number of hydrogen-bond acceptors (Lipinski definition) is 1. The first-order chi connectivity index (χ1) is 4.94. The van der Waals surface area contributed by atoms with Gasteiger partial charge in [0.25, 0.3) is 0 Å². The molecular weight excluding hydrogens is 136 g/mol. The molecule has 0 amide bonds.